The van der Waals surface area contributed by atoms with Gasteiger partial charge in [-0.2, -0.15) is 0 Å². The Kier molecular flexibility index (Phi) is 24.9. The van der Waals surface area contributed by atoms with Gasteiger partial charge in [-0.1, -0.05) is 97.1 Å². The molecular formula is C85H107N9O12. The third kappa shape index (κ3) is 19.4. The SMILES string of the molecule is CC(=O)N1CCC(c2ccc3c(c2)OCCN(C[C@H](O)CN2CCc4ccccc4C2)C3=O)CC1.CC(C)(C)OC(=O)N1CC=C(c2ccc3c(c2)OCCN(C[C@H](O)CN2CCc4ccccc4C2)C3=O)CC1.O=C1c2ccc(C3CCNCC3)cc2OCCN1C[C@H](O)CN1CCc2ccccc2C1. The summed E-state index contributed by atoms with van der Waals surface area (Å²) in [5.41, 5.74) is 13.8. The Morgan fingerprint density at radius 3 is 1.26 bits per heavy atom. The standard InChI is InChI=1S/C31H39N3O5.C28H35N3O4.C26H33N3O3/c1-31(2,3)39-30(37)33-14-11-23(12-15-33)24-8-9-27-28(18-24)38-17-16-34(29(27)36)21-26(35)20-32-13-10-22-6-4-5-7-25(22)19-32;1-20(32)30-12-9-22(10-13-30)23-6-7-26-27(16-23)35-15-14-31(28(26)34)19-25(33)18-29-11-8-21-4-2-3-5-24(21)17-29;30-23(17-28-12-9-19-3-1-2-4-22(19)16-28)18-29-13-14-32-25-15-21(5-6-24(25)26(29)31)20-7-10-27-11-8-20/h4-9,11,18,26,35H,10,12-17,19-21H2,1-3H3;2-7,16,22,25,33H,8-15,17-19H2,1H3;1-6,15,20,23,27,30H,7-14,16-18H2/t26-;25-;23-/m111/s1. The van der Waals surface area contributed by atoms with Crippen molar-refractivity contribution in [2.75, 3.05) is 138 Å². The van der Waals surface area contributed by atoms with Crippen LogP contribution in [0.25, 0.3) is 5.57 Å². The first-order valence-electron chi connectivity index (χ1n) is 38.5. The Morgan fingerprint density at radius 1 is 0.472 bits per heavy atom. The van der Waals surface area contributed by atoms with E-state index in [4.69, 9.17) is 18.9 Å². The average Bonchev–Trinajstić information content (AvgIpc) is 1.45. The van der Waals surface area contributed by atoms with Gasteiger partial charge in [0.2, 0.25) is 5.91 Å². The van der Waals surface area contributed by atoms with Crippen molar-refractivity contribution < 1.29 is 58.2 Å². The number of carbonyl (C=O) groups is 5. The fourth-order valence-corrected chi connectivity index (χ4v) is 16.4. The van der Waals surface area contributed by atoms with Crippen molar-refractivity contribution in [2.45, 2.75) is 134 Å². The van der Waals surface area contributed by atoms with Crippen molar-refractivity contribution in [3.63, 3.8) is 0 Å². The fraction of sp³-hybridized carbons (Fsp3) is 0.494. The second-order valence-corrected chi connectivity index (χ2v) is 31.0. The van der Waals surface area contributed by atoms with E-state index in [0.717, 1.165) is 122 Å². The summed E-state index contributed by atoms with van der Waals surface area (Å²) in [7, 11) is 0. The molecule has 21 nitrogen and oxygen atoms in total. The fourth-order valence-electron chi connectivity index (χ4n) is 16.4. The first-order chi connectivity index (χ1) is 51.3. The monoisotopic (exact) mass is 1450 g/mol. The highest BCUT2D eigenvalue weighted by Crippen LogP contribution is 2.37. The van der Waals surface area contributed by atoms with Gasteiger partial charge in [0.1, 0.15) is 42.7 Å². The van der Waals surface area contributed by atoms with E-state index in [1.54, 1.807) is 26.5 Å². The normalized spacial score (nSPS) is 19.8. The number of nitrogens with one attached hydrogen (secondary N) is 1. The third-order valence-electron chi connectivity index (χ3n) is 22.2. The summed E-state index contributed by atoms with van der Waals surface area (Å²) in [6, 6.07) is 43.1. The zero-order valence-electron chi connectivity index (χ0n) is 62.3. The number of amides is 5. The van der Waals surface area contributed by atoms with Gasteiger partial charge in [-0.15, -0.1) is 0 Å². The number of β-amino-alcohol motifs (C(OH)–C–C–N with tert-alkyl or cyclic N) is 3. The van der Waals surface area contributed by atoms with Crippen molar-refractivity contribution in [1.82, 2.24) is 44.5 Å². The van der Waals surface area contributed by atoms with Crippen LogP contribution in [-0.2, 0) is 48.4 Å². The van der Waals surface area contributed by atoms with Crippen LogP contribution in [0.3, 0.4) is 0 Å². The smallest absolute Gasteiger partial charge is 0.410 e. The minimum atomic E-state index is -0.639. The van der Waals surface area contributed by atoms with Crippen LogP contribution in [-0.4, -0.2) is 246 Å². The highest BCUT2D eigenvalue weighted by Gasteiger charge is 2.34. The summed E-state index contributed by atoms with van der Waals surface area (Å²) in [5.74, 6) is 2.66. The molecule has 21 heteroatoms. The van der Waals surface area contributed by atoms with Crippen LogP contribution in [0.1, 0.15) is 153 Å². The molecule has 0 saturated carbocycles. The van der Waals surface area contributed by atoms with Gasteiger partial charge in [-0.25, -0.2) is 4.79 Å². The van der Waals surface area contributed by atoms with Crippen molar-refractivity contribution >= 4 is 35.3 Å². The van der Waals surface area contributed by atoms with Crippen LogP contribution in [0.5, 0.6) is 17.2 Å². The van der Waals surface area contributed by atoms with Crippen LogP contribution in [0, 0.1) is 0 Å². The second-order valence-electron chi connectivity index (χ2n) is 31.0. The Bertz CT molecular complexity index is 4110. The lowest BCUT2D eigenvalue weighted by Gasteiger charge is -2.32. The number of nitrogens with zero attached hydrogens (tertiary/aromatic N) is 8. The van der Waals surface area contributed by atoms with E-state index >= 15 is 0 Å². The topological polar surface area (TPSA) is 221 Å². The number of hydrogen-bond donors (Lipinski definition) is 4. The number of aliphatic hydroxyl groups is 3. The summed E-state index contributed by atoms with van der Waals surface area (Å²) in [5, 5.41) is 35.9. The maximum absolute atomic E-state index is 13.4. The molecule has 5 amide bonds. The lowest BCUT2D eigenvalue weighted by Crippen LogP contribution is -2.44. The average molecular weight is 1450 g/mol. The van der Waals surface area contributed by atoms with E-state index in [-0.39, 0.29) is 36.3 Å². The van der Waals surface area contributed by atoms with E-state index in [9.17, 15) is 39.3 Å². The van der Waals surface area contributed by atoms with Gasteiger partial charge in [0, 0.05) is 112 Å². The van der Waals surface area contributed by atoms with Crippen molar-refractivity contribution in [3.8, 4) is 17.2 Å². The first-order valence-corrected chi connectivity index (χ1v) is 38.5. The number of rotatable bonds is 15. The number of ether oxygens (including phenoxy) is 4. The molecule has 0 unspecified atom stereocenters. The van der Waals surface area contributed by atoms with Gasteiger partial charge >= 0.3 is 6.09 Å². The molecule has 6 aromatic carbocycles. The molecule has 9 heterocycles. The number of aliphatic hydroxyl groups excluding tert-OH is 3. The van der Waals surface area contributed by atoms with Gasteiger partial charge in [0.15, 0.2) is 0 Å². The van der Waals surface area contributed by atoms with Gasteiger partial charge in [-0.05, 0) is 189 Å². The molecule has 2 saturated heterocycles. The van der Waals surface area contributed by atoms with Crippen LogP contribution in [0.2, 0.25) is 0 Å². The molecule has 2 fully saturated rings. The van der Waals surface area contributed by atoms with E-state index in [1.807, 2.05) is 74.2 Å². The molecule has 15 rings (SSSR count). The predicted molar refractivity (Wildman–Crippen MR) is 407 cm³/mol. The number of likely N-dealkylation sites (tertiary alicyclic amines) is 1. The van der Waals surface area contributed by atoms with Crippen molar-refractivity contribution in [1.29, 1.82) is 0 Å². The van der Waals surface area contributed by atoms with Crippen LogP contribution < -0.4 is 19.5 Å². The molecule has 6 aromatic rings. The summed E-state index contributed by atoms with van der Waals surface area (Å²) < 4.78 is 23.5. The summed E-state index contributed by atoms with van der Waals surface area (Å²) >= 11 is 0. The van der Waals surface area contributed by atoms with Gasteiger partial charge in [0.25, 0.3) is 17.7 Å². The van der Waals surface area contributed by atoms with Crippen LogP contribution >= 0.6 is 0 Å². The second kappa shape index (κ2) is 34.9. The quantitative estimate of drug-likeness (QED) is 0.0753. The number of carbonyl (C=O) groups excluding carboxylic acids is 5. The molecule has 564 valence electrons. The maximum atomic E-state index is 13.4. The van der Waals surface area contributed by atoms with E-state index in [2.05, 4.69) is 105 Å². The molecule has 9 aliphatic rings. The largest absolute Gasteiger partial charge is 0.491 e. The van der Waals surface area contributed by atoms with Gasteiger partial charge in [-0.3, -0.25) is 33.9 Å². The number of hydrogen-bond acceptors (Lipinski definition) is 16. The number of piperidine rings is 2. The molecule has 106 heavy (non-hydrogen) atoms. The summed E-state index contributed by atoms with van der Waals surface area (Å²) in [4.78, 5) is 79.5. The minimum Gasteiger partial charge on any atom is -0.491 e. The maximum Gasteiger partial charge on any atom is 0.410 e. The zero-order valence-corrected chi connectivity index (χ0v) is 62.3. The molecule has 0 bridgehead atoms. The summed E-state index contributed by atoms with van der Waals surface area (Å²) in [6.45, 7) is 22.3. The van der Waals surface area contributed by atoms with Crippen molar-refractivity contribution in [3.05, 3.63) is 200 Å². The third-order valence-corrected chi connectivity index (χ3v) is 22.2. The molecule has 4 N–H and O–H groups in total. The Hall–Kier alpha value is -8.67. The van der Waals surface area contributed by atoms with E-state index in [1.165, 1.54) is 44.5 Å². The van der Waals surface area contributed by atoms with Crippen LogP contribution in [0.4, 0.5) is 4.79 Å². The Balaban J connectivity index is 0.000000141. The number of fused-ring (bicyclic) bond motifs is 6. The Morgan fingerprint density at radius 2 is 0.868 bits per heavy atom. The highest BCUT2D eigenvalue weighted by atomic mass is 16.6. The highest BCUT2D eigenvalue weighted by molar-refractivity contribution is 5.99. The number of benzene rings is 6. The molecule has 0 radical (unpaired) electrons. The lowest BCUT2D eigenvalue weighted by atomic mass is 9.88. The molecular weight excluding hydrogens is 1340 g/mol. The summed E-state index contributed by atoms with van der Waals surface area (Å²) in [6.07, 6.45) is 7.65. The predicted octanol–water partition coefficient (Wildman–Crippen LogP) is 9.04. The molecule has 9 aliphatic heterocycles. The van der Waals surface area contributed by atoms with Gasteiger partial charge in [0.05, 0.1) is 54.6 Å². The lowest BCUT2D eigenvalue weighted by molar-refractivity contribution is -0.129. The zero-order chi connectivity index (χ0) is 73.8. The first kappa shape index (κ1) is 75.6. The van der Waals surface area contributed by atoms with E-state index in [0.29, 0.717) is 137 Å². The molecule has 0 aromatic heterocycles. The van der Waals surface area contributed by atoms with Crippen molar-refractivity contribution in [2.24, 2.45) is 0 Å². The molecule has 3 atom stereocenters. The molecule has 0 aliphatic carbocycles. The van der Waals surface area contributed by atoms with Gasteiger partial charge < -0.3 is 64.1 Å². The minimum absolute atomic E-state index is 0.0441. The van der Waals surface area contributed by atoms with E-state index < -0.39 is 23.9 Å². The van der Waals surface area contributed by atoms with Crippen LogP contribution in [0.15, 0.2) is 133 Å². The Labute approximate surface area is 624 Å². The molecule has 0 spiro atoms.